The van der Waals surface area contributed by atoms with Crippen molar-refractivity contribution >= 4 is 23.7 Å². The van der Waals surface area contributed by atoms with Crippen molar-refractivity contribution < 1.29 is 19.4 Å². The van der Waals surface area contributed by atoms with Gasteiger partial charge in [0.05, 0.1) is 5.41 Å². The second-order valence-electron chi connectivity index (χ2n) is 7.36. The molecule has 0 radical (unpaired) electrons. The van der Waals surface area contributed by atoms with Crippen LogP contribution in [0, 0.1) is 5.41 Å². The number of hydrogen-bond donors (Lipinski definition) is 1. The van der Waals surface area contributed by atoms with Crippen LogP contribution in [0.1, 0.15) is 39.2 Å². The molecule has 5 nitrogen and oxygen atoms in total. The van der Waals surface area contributed by atoms with Gasteiger partial charge in [-0.1, -0.05) is 29.8 Å². The molecule has 1 unspecified atom stereocenters. The number of carboxylic acid groups (broad SMARTS) is 1. The average molecular weight is 354 g/mol. The summed E-state index contributed by atoms with van der Waals surface area (Å²) in [5.41, 5.74) is -0.865. The molecule has 1 atom stereocenters. The SMILES string of the molecule is CC(C)(C)OC(=O)N1CCCC(Cc2ccccc2Cl)(C(=O)O)C1. The number of nitrogens with zero attached hydrogens (tertiary/aromatic N) is 1. The largest absolute Gasteiger partial charge is 0.481 e. The average Bonchev–Trinajstić information content (AvgIpc) is 2.48. The third-order valence-corrected chi connectivity index (χ3v) is 4.54. The summed E-state index contributed by atoms with van der Waals surface area (Å²) in [6.45, 7) is 6.02. The van der Waals surface area contributed by atoms with Crippen LogP contribution in [0.5, 0.6) is 0 Å². The predicted molar refractivity (Wildman–Crippen MR) is 92.3 cm³/mol. The first-order valence-corrected chi connectivity index (χ1v) is 8.45. The second kappa shape index (κ2) is 7.01. The molecule has 1 heterocycles. The molecule has 1 saturated heterocycles. The van der Waals surface area contributed by atoms with Gasteiger partial charge in [0, 0.05) is 18.1 Å². The number of carbonyl (C=O) groups excluding carboxylic acids is 1. The molecule has 1 fully saturated rings. The van der Waals surface area contributed by atoms with Crippen molar-refractivity contribution in [3.8, 4) is 0 Å². The molecule has 0 aromatic heterocycles. The first kappa shape index (κ1) is 18.6. The fraction of sp³-hybridized carbons (Fsp3) is 0.556. The van der Waals surface area contributed by atoms with Crippen molar-refractivity contribution in [2.75, 3.05) is 13.1 Å². The maximum absolute atomic E-state index is 12.3. The van der Waals surface area contributed by atoms with Gasteiger partial charge in [0.1, 0.15) is 5.60 Å². The summed E-state index contributed by atoms with van der Waals surface area (Å²) in [6, 6.07) is 7.23. The quantitative estimate of drug-likeness (QED) is 0.892. The van der Waals surface area contributed by atoms with E-state index in [-0.39, 0.29) is 6.54 Å². The van der Waals surface area contributed by atoms with Crippen LogP contribution in [-0.2, 0) is 16.0 Å². The van der Waals surface area contributed by atoms with Crippen LogP contribution in [0.4, 0.5) is 4.79 Å². The second-order valence-corrected chi connectivity index (χ2v) is 7.77. The fourth-order valence-electron chi connectivity index (χ4n) is 3.01. The van der Waals surface area contributed by atoms with Crippen LogP contribution in [0.2, 0.25) is 5.02 Å². The van der Waals surface area contributed by atoms with E-state index >= 15 is 0 Å². The summed E-state index contributed by atoms with van der Waals surface area (Å²) in [5.74, 6) is -0.907. The Hall–Kier alpha value is -1.75. The van der Waals surface area contributed by atoms with E-state index in [1.165, 1.54) is 4.90 Å². The molecule has 2 rings (SSSR count). The Bertz CT molecular complexity index is 626. The summed E-state index contributed by atoms with van der Waals surface area (Å²) in [6.07, 6.45) is 0.955. The van der Waals surface area contributed by atoms with E-state index in [1.54, 1.807) is 26.8 Å². The van der Waals surface area contributed by atoms with Crippen molar-refractivity contribution in [3.63, 3.8) is 0 Å². The minimum Gasteiger partial charge on any atom is -0.481 e. The number of ether oxygens (including phenoxy) is 1. The van der Waals surface area contributed by atoms with Crippen LogP contribution >= 0.6 is 11.6 Å². The van der Waals surface area contributed by atoms with Crippen molar-refractivity contribution in [2.45, 2.75) is 45.6 Å². The molecule has 0 bridgehead atoms. The number of piperidine rings is 1. The van der Waals surface area contributed by atoms with Gasteiger partial charge in [-0.2, -0.15) is 0 Å². The minimum absolute atomic E-state index is 0.127. The zero-order valence-corrected chi connectivity index (χ0v) is 15.1. The van der Waals surface area contributed by atoms with Crippen molar-refractivity contribution in [1.29, 1.82) is 0 Å². The standard InChI is InChI=1S/C18H24ClNO4/c1-17(2,3)24-16(23)20-10-6-9-18(12-20,15(21)22)11-13-7-4-5-8-14(13)19/h4-5,7-8H,6,9-12H2,1-3H3,(H,21,22). The van der Waals surface area contributed by atoms with E-state index in [0.717, 1.165) is 5.56 Å². The normalized spacial score (nSPS) is 21.4. The first-order chi connectivity index (χ1) is 11.1. The Kier molecular flexibility index (Phi) is 5.43. The molecular formula is C18H24ClNO4. The lowest BCUT2D eigenvalue weighted by molar-refractivity contribution is -0.152. The number of carbonyl (C=O) groups is 2. The molecule has 1 aliphatic rings. The summed E-state index contributed by atoms with van der Waals surface area (Å²) in [5, 5.41) is 10.4. The van der Waals surface area contributed by atoms with E-state index in [9.17, 15) is 14.7 Å². The fourth-order valence-corrected chi connectivity index (χ4v) is 3.22. The number of hydrogen-bond acceptors (Lipinski definition) is 3. The molecule has 24 heavy (non-hydrogen) atoms. The molecule has 0 aliphatic carbocycles. The van der Waals surface area contributed by atoms with Gasteiger partial charge in [-0.3, -0.25) is 4.79 Å². The summed E-state index contributed by atoms with van der Waals surface area (Å²) in [4.78, 5) is 25.9. The Balaban J connectivity index is 2.21. The first-order valence-electron chi connectivity index (χ1n) is 8.08. The molecule has 1 amide bonds. The smallest absolute Gasteiger partial charge is 0.410 e. The van der Waals surface area contributed by atoms with Gasteiger partial charge in [-0.25, -0.2) is 4.79 Å². The molecule has 1 N–H and O–H groups in total. The molecule has 6 heteroatoms. The number of carboxylic acids is 1. The monoisotopic (exact) mass is 353 g/mol. The number of amides is 1. The lowest BCUT2D eigenvalue weighted by atomic mass is 9.75. The van der Waals surface area contributed by atoms with Gasteiger partial charge < -0.3 is 14.7 Å². The highest BCUT2D eigenvalue weighted by molar-refractivity contribution is 6.31. The number of benzene rings is 1. The van der Waals surface area contributed by atoms with Crippen molar-refractivity contribution in [1.82, 2.24) is 4.90 Å². The lowest BCUT2D eigenvalue weighted by Gasteiger charge is -2.40. The number of halogens is 1. The Morgan fingerprint density at radius 1 is 1.33 bits per heavy atom. The van der Waals surface area contributed by atoms with Crippen LogP contribution in [0.15, 0.2) is 24.3 Å². The van der Waals surface area contributed by atoms with Crippen molar-refractivity contribution in [3.05, 3.63) is 34.9 Å². The van der Waals surface area contributed by atoms with Crippen molar-refractivity contribution in [2.24, 2.45) is 5.41 Å². The number of rotatable bonds is 3. The molecule has 0 spiro atoms. The zero-order chi connectivity index (χ0) is 18.0. The predicted octanol–water partition coefficient (Wildman–Crippen LogP) is 3.98. The van der Waals surface area contributed by atoms with Crippen LogP contribution in [0.25, 0.3) is 0 Å². The van der Waals surface area contributed by atoms with Gasteiger partial charge >= 0.3 is 12.1 Å². The highest BCUT2D eigenvalue weighted by Gasteiger charge is 2.44. The van der Waals surface area contributed by atoms with Crippen LogP contribution in [-0.4, -0.2) is 40.8 Å². The Labute approximate surface area is 147 Å². The van der Waals surface area contributed by atoms with Gasteiger partial charge in [-0.15, -0.1) is 0 Å². The molecule has 0 saturated carbocycles. The molecule has 1 aliphatic heterocycles. The highest BCUT2D eigenvalue weighted by atomic mass is 35.5. The molecule has 1 aromatic carbocycles. The van der Waals surface area contributed by atoms with E-state index in [2.05, 4.69) is 0 Å². The third kappa shape index (κ3) is 4.41. The van der Waals surface area contributed by atoms with Gasteiger partial charge in [-0.05, 0) is 51.7 Å². The molecule has 132 valence electrons. The van der Waals surface area contributed by atoms with E-state index in [1.807, 2.05) is 18.2 Å². The Morgan fingerprint density at radius 2 is 2.00 bits per heavy atom. The third-order valence-electron chi connectivity index (χ3n) is 4.17. The van der Waals surface area contributed by atoms with E-state index < -0.39 is 23.1 Å². The summed E-state index contributed by atoms with van der Waals surface area (Å²) >= 11 is 6.20. The highest BCUT2D eigenvalue weighted by Crippen LogP contribution is 2.36. The summed E-state index contributed by atoms with van der Waals surface area (Å²) < 4.78 is 5.39. The molecule has 1 aromatic rings. The van der Waals surface area contributed by atoms with E-state index in [0.29, 0.717) is 30.8 Å². The lowest BCUT2D eigenvalue weighted by Crippen LogP contribution is -2.52. The van der Waals surface area contributed by atoms with Gasteiger partial charge in [0.25, 0.3) is 0 Å². The Morgan fingerprint density at radius 3 is 2.58 bits per heavy atom. The van der Waals surface area contributed by atoms with Crippen LogP contribution < -0.4 is 0 Å². The number of likely N-dealkylation sites (tertiary alicyclic amines) is 1. The topological polar surface area (TPSA) is 66.8 Å². The van der Waals surface area contributed by atoms with Crippen LogP contribution in [0.3, 0.4) is 0 Å². The number of aliphatic carboxylic acids is 1. The summed E-state index contributed by atoms with van der Waals surface area (Å²) in [7, 11) is 0. The van der Waals surface area contributed by atoms with Gasteiger partial charge in [0.2, 0.25) is 0 Å². The molecular weight excluding hydrogens is 330 g/mol. The maximum Gasteiger partial charge on any atom is 0.410 e. The zero-order valence-electron chi connectivity index (χ0n) is 14.3. The van der Waals surface area contributed by atoms with Gasteiger partial charge in [0.15, 0.2) is 0 Å². The van der Waals surface area contributed by atoms with E-state index in [4.69, 9.17) is 16.3 Å². The minimum atomic E-state index is -1.04. The maximum atomic E-state index is 12.3.